The quantitative estimate of drug-likeness (QED) is 0.544. The van der Waals surface area contributed by atoms with Gasteiger partial charge in [-0.15, -0.1) is 0 Å². The van der Waals surface area contributed by atoms with Crippen LogP contribution in [0.4, 0.5) is 0 Å². The van der Waals surface area contributed by atoms with Crippen molar-refractivity contribution in [2.75, 3.05) is 13.2 Å². The van der Waals surface area contributed by atoms with Crippen molar-refractivity contribution >= 4 is 5.97 Å². The highest BCUT2D eigenvalue weighted by atomic mass is 16.6. The van der Waals surface area contributed by atoms with Crippen LogP contribution in [-0.2, 0) is 14.3 Å². The van der Waals surface area contributed by atoms with E-state index in [0.717, 1.165) is 30.5 Å². The molecule has 2 saturated heterocycles. The van der Waals surface area contributed by atoms with Crippen LogP contribution >= 0.6 is 0 Å². The predicted molar refractivity (Wildman–Crippen MR) is 77.1 cm³/mol. The fraction of sp³-hybridized carbons (Fsp3) is 0.588. The molecule has 0 N–H and O–H groups in total. The number of carbonyl (C=O) groups excluding carboxylic acids is 1. The number of carbonyl (C=O) groups is 1. The van der Waals surface area contributed by atoms with Gasteiger partial charge >= 0.3 is 5.97 Å². The van der Waals surface area contributed by atoms with Crippen LogP contribution in [0.5, 0.6) is 0 Å². The van der Waals surface area contributed by atoms with Crippen molar-refractivity contribution in [3.05, 3.63) is 23.3 Å². The van der Waals surface area contributed by atoms with Crippen LogP contribution in [0.3, 0.4) is 0 Å². The monoisotopic (exact) mass is 285 g/mol. The Hall–Kier alpha value is -1.73. The van der Waals surface area contributed by atoms with Crippen LogP contribution < -0.4 is 0 Å². The lowest BCUT2D eigenvalue weighted by atomic mass is 9.77. The van der Waals surface area contributed by atoms with E-state index in [-0.39, 0.29) is 5.97 Å². The van der Waals surface area contributed by atoms with Gasteiger partial charge in [-0.05, 0) is 32.2 Å². The lowest BCUT2D eigenvalue weighted by Gasteiger charge is -2.38. The maximum absolute atomic E-state index is 11.9. The Balaban J connectivity index is 1.77. The zero-order valence-electron chi connectivity index (χ0n) is 12.2. The molecule has 4 rings (SSSR count). The van der Waals surface area contributed by atoms with Gasteiger partial charge in [-0.3, -0.25) is 4.90 Å². The lowest BCUT2D eigenvalue weighted by molar-refractivity contribution is -0.148. The number of hydrogen-bond donors (Lipinski definition) is 0. The van der Waals surface area contributed by atoms with Gasteiger partial charge in [0, 0.05) is 29.7 Å². The SMILES string of the molecule is CCOC#CC1=C[C@@H]2C[C@@]3(OC(=O)C=C13)C1CCCCN12. The molecule has 1 spiro atoms. The van der Waals surface area contributed by atoms with E-state index < -0.39 is 5.60 Å². The molecule has 0 aromatic rings. The predicted octanol–water partition coefficient (Wildman–Crippen LogP) is 1.77. The number of nitrogens with zero attached hydrogens (tertiary/aromatic N) is 1. The standard InChI is InChI=1S/C17H19NO3/c1-2-20-8-6-12-9-13-11-17(14(12)10-16(19)21-17)15-5-3-4-7-18(13)15/h9-10,13,15H,2-5,7,11H2,1H3/t13-,15?,17+/m1/s1. The van der Waals surface area contributed by atoms with E-state index in [2.05, 4.69) is 23.0 Å². The maximum Gasteiger partial charge on any atom is 0.332 e. The zero-order valence-corrected chi connectivity index (χ0v) is 12.2. The van der Waals surface area contributed by atoms with E-state index >= 15 is 0 Å². The highest BCUT2D eigenvalue weighted by Crippen LogP contribution is 2.53. The molecule has 0 aromatic heterocycles. The molecule has 110 valence electrons. The first kappa shape index (κ1) is 13.0. The van der Waals surface area contributed by atoms with E-state index in [1.807, 2.05) is 6.92 Å². The Bertz CT molecular complexity index is 609. The molecule has 4 nitrogen and oxygen atoms in total. The van der Waals surface area contributed by atoms with Crippen molar-refractivity contribution in [3.63, 3.8) is 0 Å². The van der Waals surface area contributed by atoms with Crippen LogP contribution in [0.2, 0.25) is 0 Å². The van der Waals surface area contributed by atoms with Gasteiger partial charge in [-0.2, -0.15) is 0 Å². The molecule has 0 aromatic carbocycles. The second kappa shape index (κ2) is 4.64. The Morgan fingerprint density at radius 3 is 3.29 bits per heavy atom. The number of fused-ring (bicyclic) bond motifs is 3. The van der Waals surface area contributed by atoms with E-state index in [1.54, 1.807) is 6.08 Å². The van der Waals surface area contributed by atoms with Crippen molar-refractivity contribution in [3.8, 4) is 12.0 Å². The highest BCUT2D eigenvalue weighted by Gasteiger charge is 2.61. The normalized spacial score (nSPS) is 36.7. The van der Waals surface area contributed by atoms with Crippen molar-refractivity contribution in [1.82, 2.24) is 4.90 Å². The summed E-state index contributed by atoms with van der Waals surface area (Å²) in [5, 5.41) is 0. The van der Waals surface area contributed by atoms with Crippen LogP contribution in [0.25, 0.3) is 0 Å². The van der Waals surface area contributed by atoms with E-state index in [0.29, 0.717) is 18.7 Å². The van der Waals surface area contributed by atoms with Gasteiger partial charge in [-0.25, -0.2) is 4.79 Å². The minimum Gasteiger partial charge on any atom is -0.449 e. The number of hydrogen-bond acceptors (Lipinski definition) is 4. The molecule has 4 heteroatoms. The summed E-state index contributed by atoms with van der Waals surface area (Å²) in [7, 11) is 0. The number of esters is 1. The van der Waals surface area contributed by atoms with E-state index in [1.165, 1.54) is 12.8 Å². The van der Waals surface area contributed by atoms with Gasteiger partial charge in [0.1, 0.15) is 6.11 Å². The van der Waals surface area contributed by atoms with Crippen LogP contribution in [0, 0.1) is 12.0 Å². The highest BCUT2D eigenvalue weighted by molar-refractivity contribution is 5.90. The van der Waals surface area contributed by atoms with Crippen LogP contribution in [0.1, 0.15) is 32.6 Å². The fourth-order valence-corrected chi connectivity index (χ4v) is 4.33. The van der Waals surface area contributed by atoms with Crippen molar-refractivity contribution in [2.24, 2.45) is 0 Å². The molecule has 4 aliphatic rings. The summed E-state index contributed by atoms with van der Waals surface area (Å²) in [5.74, 6) is 2.86. The average Bonchev–Trinajstić information content (AvgIpc) is 2.96. The minimum atomic E-state index is -0.451. The van der Waals surface area contributed by atoms with Gasteiger partial charge in [0.05, 0.1) is 12.6 Å². The second-order valence-corrected chi connectivity index (χ2v) is 6.13. The first-order chi connectivity index (χ1) is 10.2. The summed E-state index contributed by atoms with van der Waals surface area (Å²) in [6.07, 6.45) is 11.0. The third kappa shape index (κ3) is 1.77. The number of piperidine rings is 1. The van der Waals surface area contributed by atoms with Crippen molar-refractivity contribution in [1.29, 1.82) is 0 Å². The lowest BCUT2D eigenvalue weighted by Crippen LogP contribution is -2.48. The van der Waals surface area contributed by atoms with Gasteiger partial charge in [0.15, 0.2) is 5.60 Å². The molecule has 3 heterocycles. The van der Waals surface area contributed by atoms with Gasteiger partial charge in [-0.1, -0.05) is 12.5 Å². The molecule has 1 unspecified atom stereocenters. The second-order valence-electron chi connectivity index (χ2n) is 6.13. The molecule has 0 amide bonds. The Morgan fingerprint density at radius 1 is 1.52 bits per heavy atom. The van der Waals surface area contributed by atoms with Gasteiger partial charge < -0.3 is 9.47 Å². The topological polar surface area (TPSA) is 38.8 Å². The fourth-order valence-electron chi connectivity index (χ4n) is 4.33. The smallest absolute Gasteiger partial charge is 0.332 e. The molecule has 2 fully saturated rings. The molecule has 3 aliphatic heterocycles. The van der Waals surface area contributed by atoms with Gasteiger partial charge in [0.25, 0.3) is 0 Å². The van der Waals surface area contributed by atoms with Crippen LogP contribution in [0.15, 0.2) is 23.3 Å². The molecular weight excluding hydrogens is 266 g/mol. The first-order valence-corrected chi connectivity index (χ1v) is 7.80. The molecule has 2 bridgehead atoms. The largest absolute Gasteiger partial charge is 0.449 e. The molecule has 0 saturated carbocycles. The molecule has 1 aliphatic carbocycles. The molecule has 21 heavy (non-hydrogen) atoms. The third-order valence-electron chi connectivity index (χ3n) is 5.07. The Kier molecular flexibility index (Phi) is 2.87. The summed E-state index contributed by atoms with van der Waals surface area (Å²) in [6, 6.07) is 0.654. The van der Waals surface area contributed by atoms with Crippen molar-refractivity contribution in [2.45, 2.75) is 50.3 Å². The minimum absolute atomic E-state index is 0.220. The Labute approximate surface area is 124 Å². The summed E-state index contributed by atoms with van der Waals surface area (Å²) in [4.78, 5) is 14.4. The molecule has 0 radical (unpaired) electrons. The third-order valence-corrected chi connectivity index (χ3v) is 5.07. The van der Waals surface area contributed by atoms with Crippen molar-refractivity contribution < 1.29 is 14.3 Å². The summed E-state index contributed by atoms with van der Waals surface area (Å²) < 4.78 is 11.0. The summed E-state index contributed by atoms with van der Waals surface area (Å²) >= 11 is 0. The molecular formula is C17H19NO3. The summed E-state index contributed by atoms with van der Waals surface area (Å²) in [5.41, 5.74) is 1.44. The maximum atomic E-state index is 11.9. The molecule has 3 atom stereocenters. The number of ether oxygens (including phenoxy) is 2. The zero-order chi connectivity index (χ0) is 14.4. The van der Waals surface area contributed by atoms with Gasteiger partial charge in [0.2, 0.25) is 0 Å². The van der Waals surface area contributed by atoms with E-state index in [9.17, 15) is 4.79 Å². The van der Waals surface area contributed by atoms with E-state index in [4.69, 9.17) is 9.47 Å². The number of rotatable bonds is 1. The Morgan fingerprint density at radius 2 is 2.43 bits per heavy atom. The average molecular weight is 285 g/mol. The van der Waals surface area contributed by atoms with Crippen LogP contribution in [-0.4, -0.2) is 41.7 Å². The summed E-state index contributed by atoms with van der Waals surface area (Å²) in [6.45, 7) is 3.57. The first-order valence-electron chi connectivity index (χ1n) is 7.80.